The molecule has 0 radical (unpaired) electrons. The number of carboxylic acid groups (broad SMARTS) is 1. The molecule has 1 aromatic rings. The summed E-state index contributed by atoms with van der Waals surface area (Å²) >= 11 is 0. The molecule has 1 aromatic carbocycles. The van der Waals surface area contributed by atoms with Gasteiger partial charge in [-0.3, -0.25) is 4.79 Å². The van der Waals surface area contributed by atoms with Gasteiger partial charge in [0.25, 0.3) is 0 Å². The first-order valence-electron chi connectivity index (χ1n) is 7.96. The van der Waals surface area contributed by atoms with Gasteiger partial charge in [-0.1, -0.05) is 39.2 Å². The maximum Gasteiger partial charge on any atom is 0.314 e. The molecule has 1 fully saturated rings. The van der Waals surface area contributed by atoms with Gasteiger partial charge in [0.05, 0.1) is 19.6 Å². The van der Waals surface area contributed by atoms with Crippen LogP contribution >= 0.6 is 0 Å². The molecule has 1 saturated carbocycles. The molecule has 122 valence electrons. The lowest BCUT2D eigenvalue weighted by molar-refractivity contribution is -0.145. The molecule has 4 heteroatoms. The number of hydrogen-bond donors (Lipinski definition) is 1. The Morgan fingerprint density at radius 2 is 1.77 bits per heavy atom. The number of methoxy groups -OCH3 is 2. The highest BCUT2D eigenvalue weighted by molar-refractivity contribution is 5.84. The Morgan fingerprint density at radius 1 is 1.14 bits per heavy atom. The van der Waals surface area contributed by atoms with Crippen LogP contribution in [0.5, 0.6) is 11.5 Å². The smallest absolute Gasteiger partial charge is 0.314 e. The number of aliphatic carboxylic acids is 1. The van der Waals surface area contributed by atoms with Crippen LogP contribution in [0.4, 0.5) is 0 Å². The van der Waals surface area contributed by atoms with E-state index >= 15 is 0 Å². The van der Waals surface area contributed by atoms with Crippen molar-refractivity contribution in [2.24, 2.45) is 0 Å². The minimum Gasteiger partial charge on any atom is -0.493 e. The summed E-state index contributed by atoms with van der Waals surface area (Å²) in [6.45, 7) is 4.17. The average molecular weight is 306 g/mol. The maximum absolute atomic E-state index is 12.2. The van der Waals surface area contributed by atoms with Gasteiger partial charge in [-0.2, -0.15) is 0 Å². The van der Waals surface area contributed by atoms with Crippen molar-refractivity contribution in [1.29, 1.82) is 0 Å². The second kappa shape index (κ2) is 6.59. The number of carboxylic acids is 1. The lowest BCUT2D eigenvalue weighted by atomic mass is 9.66. The van der Waals surface area contributed by atoms with E-state index in [4.69, 9.17) is 9.47 Å². The lowest BCUT2D eigenvalue weighted by Gasteiger charge is -2.37. The van der Waals surface area contributed by atoms with Crippen molar-refractivity contribution in [3.63, 3.8) is 0 Å². The number of carbonyl (C=O) groups is 1. The molecule has 0 atom stereocenters. The van der Waals surface area contributed by atoms with E-state index in [9.17, 15) is 9.90 Å². The highest BCUT2D eigenvalue weighted by Crippen LogP contribution is 2.49. The molecule has 0 bridgehead atoms. The molecule has 1 N–H and O–H groups in total. The first kappa shape index (κ1) is 16.7. The molecule has 2 rings (SSSR count). The van der Waals surface area contributed by atoms with Gasteiger partial charge < -0.3 is 14.6 Å². The van der Waals surface area contributed by atoms with Crippen molar-refractivity contribution >= 4 is 5.97 Å². The van der Waals surface area contributed by atoms with Crippen LogP contribution in [0.25, 0.3) is 0 Å². The molecular weight excluding hydrogens is 280 g/mol. The van der Waals surface area contributed by atoms with Crippen LogP contribution in [0.3, 0.4) is 0 Å². The predicted octanol–water partition coefficient (Wildman–Crippen LogP) is 4.11. The van der Waals surface area contributed by atoms with Crippen molar-refractivity contribution in [2.75, 3.05) is 14.2 Å². The Bertz CT molecular complexity index is 542. The summed E-state index contributed by atoms with van der Waals surface area (Å²) in [4.78, 5) is 12.2. The van der Waals surface area contributed by atoms with Crippen molar-refractivity contribution in [3.05, 3.63) is 23.3 Å². The van der Waals surface area contributed by atoms with E-state index in [2.05, 4.69) is 13.8 Å². The summed E-state index contributed by atoms with van der Waals surface area (Å²) in [6, 6.07) is 3.86. The van der Waals surface area contributed by atoms with E-state index in [0.717, 1.165) is 30.4 Å². The zero-order valence-corrected chi connectivity index (χ0v) is 13.9. The van der Waals surface area contributed by atoms with Crippen LogP contribution < -0.4 is 9.47 Å². The van der Waals surface area contributed by atoms with E-state index in [0.29, 0.717) is 24.3 Å². The Hall–Kier alpha value is -1.71. The van der Waals surface area contributed by atoms with Crippen molar-refractivity contribution in [2.45, 2.75) is 57.3 Å². The fourth-order valence-corrected chi connectivity index (χ4v) is 3.64. The number of benzene rings is 1. The van der Waals surface area contributed by atoms with Gasteiger partial charge in [-0.15, -0.1) is 0 Å². The highest BCUT2D eigenvalue weighted by Gasteiger charge is 2.45. The van der Waals surface area contributed by atoms with Gasteiger partial charge >= 0.3 is 5.97 Å². The fourth-order valence-electron chi connectivity index (χ4n) is 3.64. The van der Waals surface area contributed by atoms with Crippen molar-refractivity contribution in [1.82, 2.24) is 0 Å². The predicted molar refractivity (Wildman–Crippen MR) is 86.0 cm³/mol. The molecule has 1 aliphatic rings. The van der Waals surface area contributed by atoms with Crippen LogP contribution in [-0.4, -0.2) is 25.3 Å². The van der Waals surface area contributed by atoms with Gasteiger partial charge in [-0.25, -0.2) is 0 Å². The minimum absolute atomic E-state index is 0.230. The monoisotopic (exact) mass is 306 g/mol. The van der Waals surface area contributed by atoms with Crippen LogP contribution in [0, 0.1) is 0 Å². The van der Waals surface area contributed by atoms with E-state index in [1.54, 1.807) is 14.2 Å². The molecule has 0 spiro atoms. The summed E-state index contributed by atoms with van der Waals surface area (Å²) < 4.78 is 11.0. The summed E-state index contributed by atoms with van der Waals surface area (Å²) in [7, 11) is 3.18. The minimum atomic E-state index is -0.863. The number of ether oxygens (including phenoxy) is 2. The first-order chi connectivity index (χ1) is 10.5. The quantitative estimate of drug-likeness (QED) is 0.889. The second-order valence-corrected chi connectivity index (χ2v) is 6.37. The molecule has 1 aliphatic carbocycles. The van der Waals surface area contributed by atoms with Crippen LogP contribution in [0.1, 0.15) is 63.0 Å². The number of rotatable bonds is 5. The van der Waals surface area contributed by atoms with Crippen LogP contribution in [0.15, 0.2) is 12.1 Å². The molecule has 0 heterocycles. The lowest BCUT2D eigenvalue weighted by Crippen LogP contribution is -2.39. The molecule has 0 unspecified atom stereocenters. The molecule has 0 saturated heterocycles. The molecule has 4 nitrogen and oxygen atoms in total. The fraction of sp³-hybridized carbons (Fsp3) is 0.611. The van der Waals surface area contributed by atoms with E-state index < -0.39 is 11.4 Å². The summed E-state index contributed by atoms with van der Waals surface area (Å²) in [6.07, 6.45) is 4.28. The molecular formula is C18H26O4. The third kappa shape index (κ3) is 2.67. The van der Waals surface area contributed by atoms with Crippen molar-refractivity contribution < 1.29 is 19.4 Å². The van der Waals surface area contributed by atoms with E-state index in [1.807, 2.05) is 12.1 Å². The van der Waals surface area contributed by atoms with E-state index in [-0.39, 0.29) is 5.92 Å². The molecule has 0 aliphatic heterocycles. The zero-order valence-electron chi connectivity index (χ0n) is 13.9. The Balaban J connectivity index is 2.76. The third-order valence-electron chi connectivity index (χ3n) is 4.79. The maximum atomic E-state index is 12.2. The van der Waals surface area contributed by atoms with Crippen LogP contribution in [-0.2, 0) is 10.2 Å². The topological polar surface area (TPSA) is 55.8 Å². The zero-order chi connectivity index (χ0) is 16.3. The van der Waals surface area contributed by atoms with Crippen molar-refractivity contribution in [3.8, 4) is 11.5 Å². The van der Waals surface area contributed by atoms with E-state index in [1.165, 1.54) is 0 Å². The molecule has 0 aromatic heterocycles. The summed E-state index contributed by atoms with van der Waals surface area (Å²) in [5.74, 6) is 0.666. The highest BCUT2D eigenvalue weighted by atomic mass is 16.5. The summed E-state index contributed by atoms with van der Waals surface area (Å²) in [5, 5.41) is 10.0. The summed E-state index contributed by atoms with van der Waals surface area (Å²) in [5.41, 5.74) is 0.996. The Morgan fingerprint density at radius 3 is 2.23 bits per heavy atom. The Labute approximate surface area is 132 Å². The number of hydrogen-bond acceptors (Lipinski definition) is 3. The van der Waals surface area contributed by atoms with Gasteiger partial charge in [-0.05, 0) is 30.4 Å². The molecule has 22 heavy (non-hydrogen) atoms. The standard InChI is InChI=1S/C18H26O4/c1-12(2)13-8-9-14(21-3)16(22-4)15(13)18(17(19)20)10-6-5-7-11-18/h8-9,12H,5-7,10-11H2,1-4H3,(H,19,20). The Kier molecular flexibility index (Phi) is 4.99. The van der Waals surface area contributed by atoms with Gasteiger partial charge in [0, 0.05) is 5.56 Å². The second-order valence-electron chi connectivity index (χ2n) is 6.37. The van der Waals surface area contributed by atoms with Gasteiger partial charge in [0.2, 0.25) is 0 Å². The first-order valence-corrected chi connectivity index (χ1v) is 7.96. The SMILES string of the molecule is COc1ccc(C(C)C)c(C2(C(=O)O)CCCCC2)c1OC. The normalized spacial score (nSPS) is 17.3. The third-order valence-corrected chi connectivity index (χ3v) is 4.79. The van der Waals surface area contributed by atoms with Crippen LogP contribution in [0.2, 0.25) is 0 Å². The average Bonchev–Trinajstić information content (AvgIpc) is 2.53. The van der Waals surface area contributed by atoms with Gasteiger partial charge in [0.1, 0.15) is 0 Å². The van der Waals surface area contributed by atoms with Gasteiger partial charge in [0.15, 0.2) is 11.5 Å². The molecule has 0 amide bonds. The largest absolute Gasteiger partial charge is 0.493 e.